The number of hydrogen-bond donors (Lipinski definition) is 3. The fraction of sp³-hybridized carbons (Fsp3) is 0.375. The molecular formula is C16H20N2O3. The Morgan fingerprint density at radius 2 is 2.14 bits per heavy atom. The zero-order valence-corrected chi connectivity index (χ0v) is 12.3. The number of primary amides is 1. The van der Waals surface area contributed by atoms with Crippen molar-refractivity contribution >= 4 is 11.8 Å². The van der Waals surface area contributed by atoms with Crippen molar-refractivity contribution in [2.75, 3.05) is 6.61 Å². The molecule has 1 unspecified atom stereocenters. The van der Waals surface area contributed by atoms with Crippen LogP contribution in [0.5, 0.6) is 0 Å². The lowest BCUT2D eigenvalue weighted by atomic mass is 10.0. The number of aryl methyl sites for hydroxylation is 1. The molecule has 0 saturated heterocycles. The van der Waals surface area contributed by atoms with Crippen molar-refractivity contribution in [3.05, 3.63) is 34.9 Å². The van der Waals surface area contributed by atoms with Gasteiger partial charge >= 0.3 is 0 Å². The van der Waals surface area contributed by atoms with Crippen LogP contribution in [0, 0.1) is 18.8 Å². The largest absolute Gasteiger partial charge is 0.395 e. The second-order valence-electron chi connectivity index (χ2n) is 4.87. The molecule has 1 atom stereocenters. The molecule has 0 aliphatic rings. The molecule has 1 aromatic rings. The minimum absolute atomic E-state index is 0.0178. The summed E-state index contributed by atoms with van der Waals surface area (Å²) in [5.74, 6) is 4.92. The summed E-state index contributed by atoms with van der Waals surface area (Å²) in [5, 5.41) is 11.5. The maximum atomic E-state index is 12.3. The molecule has 2 amide bonds. The minimum atomic E-state index is -0.463. The SMILES string of the molecule is Cc1ccc(C#CCCO)c(C(=O)NC(C)CC(N)=O)c1. The van der Waals surface area contributed by atoms with Gasteiger partial charge in [-0.1, -0.05) is 23.5 Å². The Morgan fingerprint density at radius 3 is 2.76 bits per heavy atom. The van der Waals surface area contributed by atoms with Gasteiger partial charge in [-0.25, -0.2) is 0 Å². The number of carbonyl (C=O) groups excluding carboxylic acids is 2. The van der Waals surface area contributed by atoms with E-state index in [0.29, 0.717) is 17.5 Å². The first-order valence-electron chi connectivity index (χ1n) is 6.73. The van der Waals surface area contributed by atoms with Gasteiger partial charge in [0.25, 0.3) is 5.91 Å². The van der Waals surface area contributed by atoms with Gasteiger partial charge in [0.2, 0.25) is 5.91 Å². The molecular weight excluding hydrogens is 268 g/mol. The Kier molecular flexibility index (Phi) is 6.44. The summed E-state index contributed by atoms with van der Waals surface area (Å²) in [6, 6.07) is 5.05. The molecule has 0 aliphatic carbocycles. The molecule has 5 nitrogen and oxygen atoms in total. The molecule has 1 aromatic carbocycles. The molecule has 21 heavy (non-hydrogen) atoms. The Morgan fingerprint density at radius 1 is 1.43 bits per heavy atom. The van der Waals surface area contributed by atoms with Crippen LogP contribution in [0.3, 0.4) is 0 Å². The number of hydrogen-bond acceptors (Lipinski definition) is 3. The van der Waals surface area contributed by atoms with Crippen LogP contribution < -0.4 is 11.1 Å². The first-order chi connectivity index (χ1) is 9.93. The van der Waals surface area contributed by atoms with Gasteiger partial charge in [-0.2, -0.15) is 0 Å². The highest BCUT2D eigenvalue weighted by molar-refractivity contribution is 5.97. The summed E-state index contributed by atoms with van der Waals surface area (Å²) in [4.78, 5) is 23.1. The highest BCUT2D eigenvalue weighted by Crippen LogP contribution is 2.11. The van der Waals surface area contributed by atoms with E-state index < -0.39 is 5.91 Å². The fourth-order valence-electron chi connectivity index (χ4n) is 1.82. The summed E-state index contributed by atoms with van der Waals surface area (Å²) in [6.07, 6.45) is 0.441. The molecule has 0 heterocycles. The average Bonchev–Trinajstić information content (AvgIpc) is 2.39. The van der Waals surface area contributed by atoms with Crippen molar-refractivity contribution in [1.82, 2.24) is 5.32 Å². The van der Waals surface area contributed by atoms with Crippen molar-refractivity contribution < 1.29 is 14.7 Å². The predicted octanol–water partition coefficient (Wildman–Crippen LogP) is 0.723. The van der Waals surface area contributed by atoms with Crippen LogP contribution in [0.25, 0.3) is 0 Å². The van der Waals surface area contributed by atoms with Crippen molar-refractivity contribution in [2.45, 2.75) is 32.7 Å². The van der Waals surface area contributed by atoms with Gasteiger partial charge in [-0.05, 0) is 26.0 Å². The molecule has 0 fully saturated rings. The van der Waals surface area contributed by atoms with Gasteiger partial charge < -0.3 is 16.2 Å². The predicted molar refractivity (Wildman–Crippen MR) is 80.5 cm³/mol. The van der Waals surface area contributed by atoms with Gasteiger partial charge in [0.15, 0.2) is 0 Å². The molecule has 0 radical (unpaired) electrons. The van der Waals surface area contributed by atoms with Gasteiger partial charge in [-0.15, -0.1) is 0 Å². The molecule has 0 aromatic heterocycles. The van der Waals surface area contributed by atoms with E-state index in [1.54, 1.807) is 19.1 Å². The molecule has 5 heteroatoms. The normalized spacial score (nSPS) is 11.2. The van der Waals surface area contributed by atoms with E-state index >= 15 is 0 Å². The fourth-order valence-corrected chi connectivity index (χ4v) is 1.82. The lowest BCUT2D eigenvalue weighted by Gasteiger charge is -2.13. The van der Waals surface area contributed by atoms with Crippen molar-refractivity contribution in [3.63, 3.8) is 0 Å². The first-order valence-corrected chi connectivity index (χ1v) is 6.73. The molecule has 0 bridgehead atoms. The summed E-state index contributed by atoms with van der Waals surface area (Å²) >= 11 is 0. The van der Waals surface area contributed by atoms with E-state index in [1.807, 2.05) is 13.0 Å². The van der Waals surface area contributed by atoms with Crippen LogP contribution in [-0.2, 0) is 4.79 Å². The van der Waals surface area contributed by atoms with Crippen molar-refractivity contribution in [2.24, 2.45) is 5.73 Å². The second-order valence-corrected chi connectivity index (χ2v) is 4.87. The van der Waals surface area contributed by atoms with E-state index in [-0.39, 0.29) is 25.0 Å². The molecule has 0 aliphatic heterocycles. The monoisotopic (exact) mass is 288 g/mol. The molecule has 1 rings (SSSR count). The maximum absolute atomic E-state index is 12.3. The van der Waals surface area contributed by atoms with Gasteiger partial charge in [0.05, 0.1) is 12.2 Å². The van der Waals surface area contributed by atoms with Gasteiger partial charge in [0.1, 0.15) is 0 Å². The van der Waals surface area contributed by atoms with Crippen molar-refractivity contribution in [1.29, 1.82) is 0 Å². The highest BCUT2D eigenvalue weighted by atomic mass is 16.2. The van der Waals surface area contributed by atoms with Crippen LogP contribution in [-0.4, -0.2) is 29.6 Å². The number of rotatable bonds is 5. The maximum Gasteiger partial charge on any atom is 0.252 e. The first kappa shape index (κ1) is 16.7. The third-order valence-corrected chi connectivity index (χ3v) is 2.76. The lowest BCUT2D eigenvalue weighted by molar-refractivity contribution is -0.118. The minimum Gasteiger partial charge on any atom is -0.395 e. The van der Waals surface area contributed by atoms with E-state index in [1.165, 1.54) is 0 Å². The zero-order chi connectivity index (χ0) is 15.8. The summed E-state index contributed by atoms with van der Waals surface area (Å²) in [7, 11) is 0. The summed E-state index contributed by atoms with van der Waals surface area (Å²) in [6.45, 7) is 3.58. The average molecular weight is 288 g/mol. The number of nitrogens with two attached hydrogens (primary N) is 1. The third kappa shape index (κ3) is 5.67. The van der Waals surface area contributed by atoms with E-state index in [0.717, 1.165) is 5.56 Å². The Bertz CT molecular complexity index is 585. The molecule has 4 N–H and O–H groups in total. The van der Waals surface area contributed by atoms with Crippen LogP contribution >= 0.6 is 0 Å². The van der Waals surface area contributed by atoms with Crippen molar-refractivity contribution in [3.8, 4) is 11.8 Å². The van der Waals surface area contributed by atoms with E-state index in [2.05, 4.69) is 17.2 Å². The molecule has 0 spiro atoms. The summed E-state index contributed by atoms with van der Waals surface area (Å²) < 4.78 is 0. The topological polar surface area (TPSA) is 92.4 Å². The Balaban J connectivity index is 2.94. The van der Waals surface area contributed by atoms with Gasteiger partial charge in [-0.3, -0.25) is 9.59 Å². The standard InChI is InChI=1S/C16H20N2O3/c1-11-6-7-13(5-3-4-8-19)14(9-11)16(21)18-12(2)10-15(17)20/h6-7,9,12,19H,4,8,10H2,1-2H3,(H2,17,20)(H,18,21). The third-order valence-electron chi connectivity index (χ3n) is 2.76. The lowest BCUT2D eigenvalue weighted by Crippen LogP contribution is -2.36. The van der Waals surface area contributed by atoms with E-state index in [4.69, 9.17) is 10.8 Å². The number of aliphatic hydroxyl groups is 1. The zero-order valence-electron chi connectivity index (χ0n) is 12.3. The number of nitrogens with one attached hydrogen (secondary N) is 1. The smallest absolute Gasteiger partial charge is 0.252 e. The van der Waals surface area contributed by atoms with E-state index in [9.17, 15) is 9.59 Å². The number of amides is 2. The quantitative estimate of drug-likeness (QED) is 0.697. The summed E-state index contributed by atoms with van der Waals surface area (Å²) in [5.41, 5.74) is 7.10. The highest BCUT2D eigenvalue weighted by Gasteiger charge is 2.14. The number of aliphatic hydroxyl groups excluding tert-OH is 1. The molecule has 0 saturated carbocycles. The van der Waals surface area contributed by atoms with Crippen LogP contribution in [0.4, 0.5) is 0 Å². The molecule has 112 valence electrons. The number of benzene rings is 1. The second kappa shape index (κ2) is 8.08. The van der Waals surface area contributed by atoms with Crippen LogP contribution in [0.2, 0.25) is 0 Å². The van der Waals surface area contributed by atoms with Gasteiger partial charge in [0, 0.05) is 24.4 Å². The van der Waals surface area contributed by atoms with Crippen LogP contribution in [0.1, 0.15) is 41.3 Å². The Hall–Kier alpha value is -2.32. The Labute approximate surface area is 124 Å². The number of carbonyl (C=O) groups is 2. The van der Waals surface area contributed by atoms with Crippen LogP contribution in [0.15, 0.2) is 18.2 Å².